The van der Waals surface area contributed by atoms with E-state index < -0.39 is 11.4 Å². The molecule has 8 heteroatoms. The van der Waals surface area contributed by atoms with Crippen LogP contribution in [-0.2, 0) is 4.79 Å². The molecule has 25 heavy (non-hydrogen) atoms. The summed E-state index contributed by atoms with van der Waals surface area (Å²) in [6.45, 7) is 3.75. The molecule has 1 N–H and O–H groups in total. The van der Waals surface area contributed by atoms with E-state index >= 15 is 0 Å². The number of amides is 1. The van der Waals surface area contributed by atoms with E-state index in [0.717, 1.165) is 0 Å². The van der Waals surface area contributed by atoms with Crippen molar-refractivity contribution in [2.75, 3.05) is 13.1 Å². The number of likely N-dealkylation sites (tertiary alicyclic amines) is 1. The van der Waals surface area contributed by atoms with Gasteiger partial charge in [0, 0.05) is 13.1 Å². The van der Waals surface area contributed by atoms with Crippen LogP contribution in [0.25, 0.3) is 5.69 Å². The molecule has 0 saturated carbocycles. The van der Waals surface area contributed by atoms with Gasteiger partial charge < -0.3 is 10.0 Å². The molecule has 1 aromatic carbocycles. The third kappa shape index (κ3) is 3.00. The third-order valence-electron chi connectivity index (χ3n) is 4.57. The number of hydrogen-bond donors (Lipinski definition) is 1. The van der Waals surface area contributed by atoms with Gasteiger partial charge >= 0.3 is 5.97 Å². The van der Waals surface area contributed by atoms with E-state index in [1.165, 1.54) is 33.8 Å². The molecule has 1 aromatic heterocycles. The molecule has 1 atom stereocenters. The number of hydrogen-bond acceptors (Lipinski definition) is 3. The number of rotatable bonds is 3. The normalized spacial score (nSPS) is 20.1. The number of carbonyl (C=O) groups is 2. The van der Waals surface area contributed by atoms with E-state index in [1.807, 2.05) is 0 Å². The molecule has 3 rings (SSSR count). The second kappa shape index (κ2) is 6.15. The number of benzene rings is 1. The summed E-state index contributed by atoms with van der Waals surface area (Å²) in [5, 5.41) is 13.7. The van der Waals surface area contributed by atoms with Gasteiger partial charge in [-0.25, -0.2) is 9.07 Å². The third-order valence-corrected chi connectivity index (χ3v) is 4.92. The second-order valence-corrected chi connectivity index (χ2v) is 6.84. The maximum absolute atomic E-state index is 13.1. The highest BCUT2D eigenvalue weighted by Crippen LogP contribution is 2.33. The van der Waals surface area contributed by atoms with Gasteiger partial charge in [0.05, 0.1) is 22.4 Å². The van der Waals surface area contributed by atoms with Crippen molar-refractivity contribution in [3.63, 3.8) is 0 Å². The molecule has 2 aromatic rings. The van der Waals surface area contributed by atoms with Crippen molar-refractivity contribution in [2.45, 2.75) is 20.3 Å². The first-order valence-electron chi connectivity index (χ1n) is 7.77. The lowest BCUT2D eigenvalue weighted by molar-refractivity contribution is -0.147. The number of carboxylic acid groups (broad SMARTS) is 1. The average Bonchev–Trinajstić information content (AvgIpc) is 3.10. The van der Waals surface area contributed by atoms with E-state index in [0.29, 0.717) is 24.3 Å². The van der Waals surface area contributed by atoms with Crippen molar-refractivity contribution in [1.29, 1.82) is 0 Å². The molecule has 0 unspecified atom stereocenters. The molecule has 1 saturated heterocycles. The summed E-state index contributed by atoms with van der Waals surface area (Å²) >= 11 is 6.35. The van der Waals surface area contributed by atoms with Gasteiger partial charge in [0.25, 0.3) is 5.91 Å². The topological polar surface area (TPSA) is 75.4 Å². The molecule has 0 radical (unpaired) electrons. The predicted molar refractivity (Wildman–Crippen MR) is 89.5 cm³/mol. The van der Waals surface area contributed by atoms with Crippen molar-refractivity contribution in [3.05, 3.63) is 46.5 Å². The van der Waals surface area contributed by atoms with Gasteiger partial charge in [-0.05, 0) is 44.5 Å². The summed E-state index contributed by atoms with van der Waals surface area (Å²) < 4.78 is 14.5. The van der Waals surface area contributed by atoms with E-state index in [1.54, 1.807) is 13.8 Å². The summed E-state index contributed by atoms with van der Waals surface area (Å²) in [5.74, 6) is -1.65. The molecular weight excluding hydrogens is 349 g/mol. The monoisotopic (exact) mass is 365 g/mol. The fourth-order valence-corrected chi connectivity index (χ4v) is 3.32. The highest BCUT2D eigenvalue weighted by Gasteiger charge is 2.43. The van der Waals surface area contributed by atoms with Crippen molar-refractivity contribution in [3.8, 4) is 5.69 Å². The fraction of sp³-hybridized carbons (Fsp3) is 0.353. The zero-order valence-electron chi connectivity index (χ0n) is 13.8. The lowest BCUT2D eigenvalue weighted by atomic mass is 9.90. The quantitative estimate of drug-likeness (QED) is 0.907. The second-order valence-electron chi connectivity index (χ2n) is 6.48. The van der Waals surface area contributed by atoms with E-state index in [9.17, 15) is 19.1 Å². The standard InChI is InChI=1S/C17H17ClFN3O3/c1-10-13(15(23)21-8-7-17(2,9-21)16(24)25)14(18)22(20-10)12-5-3-11(19)4-6-12/h3-6H,7-9H2,1-2H3,(H,24,25)/t17-/m1/s1. The largest absolute Gasteiger partial charge is 0.481 e. The average molecular weight is 366 g/mol. The molecule has 1 fully saturated rings. The van der Waals surface area contributed by atoms with E-state index in [-0.39, 0.29) is 29.0 Å². The molecule has 132 valence electrons. The highest BCUT2D eigenvalue weighted by atomic mass is 35.5. The van der Waals surface area contributed by atoms with Crippen LogP contribution in [-0.4, -0.2) is 44.8 Å². The lowest BCUT2D eigenvalue weighted by Gasteiger charge is -2.20. The molecule has 0 spiro atoms. The minimum absolute atomic E-state index is 0.123. The summed E-state index contributed by atoms with van der Waals surface area (Å²) in [6.07, 6.45) is 0.386. The summed E-state index contributed by atoms with van der Waals surface area (Å²) in [7, 11) is 0. The van der Waals surface area contributed by atoms with Gasteiger partial charge in [0.2, 0.25) is 0 Å². The van der Waals surface area contributed by atoms with E-state index in [4.69, 9.17) is 11.6 Å². The number of halogens is 2. The zero-order chi connectivity index (χ0) is 18.4. The van der Waals surface area contributed by atoms with Crippen molar-refractivity contribution >= 4 is 23.5 Å². The molecule has 1 aliphatic rings. The number of carboxylic acids is 1. The Labute approximate surface area is 148 Å². The van der Waals surface area contributed by atoms with E-state index in [2.05, 4.69) is 5.10 Å². The Balaban J connectivity index is 1.92. The highest BCUT2D eigenvalue weighted by molar-refractivity contribution is 6.33. The van der Waals surface area contributed by atoms with Crippen LogP contribution in [0.5, 0.6) is 0 Å². The minimum Gasteiger partial charge on any atom is -0.481 e. The molecule has 1 aliphatic heterocycles. The van der Waals surface area contributed by atoms with Crippen LogP contribution in [0.15, 0.2) is 24.3 Å². The van der Waals surface area contributed by atoms with Gasteiger partial charge in [-0.2, -0.15) is 5.10 Å². The Morgan fingerprint density at radius 2 is 1.96 bits per heavy atom. The number of aryl methyl sites for hydroxylation is 1. The van der Waals surface area contributed by atoms with Gasteiger partial charge in [0.1, 0.15) is 11.0 Å². The maximum Gasteiger partial charge on any atom is 0.311 e. The van der Waals surface area contributed by atoms with Gasteiger partial charge in [-0.1, -0.05) is 11.6 Å². The maximum atomic E-state index is 13.1. The van der Waals surface area contributed by atoms with Gasteiger partial charge in [-0.3, -0.25) is 9.59 Å². The SMILES string of the molecule is Cc1nn(-c2ccc(F)cc2)c(Cl)c1C(=O)N1CC[C@@](C)(C(=O)O)C1. The molecule has 1 amide bonds. The zero-order valence-corrected chi connectivity index (χ0v) is 14.5. The van der Waals surface area contributed by atoms with Crippen LogP contribution in [0.4, 0.5) is 4.39 Å². The van der Waals surface area contributed by atoms with Crippen molar-refractivity contribution in [1.82, 2.24) is 14.7 Å². The minimum atomic E-state index is -0.955. The molecule has 2 heterocycles. The Morgan fingerprint density at radius 1 is 1.32 bits per heavy atom. The van der Waals surface area contributed by atoms with Gasteiger partial charge in [0.15, 0.2) is 0 Å². The number of carbonyl (C=O) groups excluding carboxylic acids is 1. The molecular formula is C17H17ClFN3O3. The van der Waals surface area contributed by atoms with Gasteiger partial charge in [-0.15, -0.1) is 0 Å². The lowest BCUT2D eigenvalue weighted by Crippen LogP contribution is -2.35. The number of aromatic nitrogens is 2. The Morgan fingerprint density at radius 3 is 2.52 bits per heavy atom. The molecule has 6 nitrogen and oxygen atoms in total. The first-order valence-corrected chi connectivity index (χ1v) is 8.14. The molecule has 0 bridgehead atoms. The van der Waals surface area contributed by atoms with Crippen molar-refractivity contribution in [2.24, 2.45) is 5.41 Å². The van der Waals surface area contributed by atoms with Crippen LogP contribution in [0, 0.1) is 18.2 Å². The summed E-state index contributed by atoms with van der Waals surface area (Å²) in [6, 6.07) is 5.59. The van der Waals surface area contributed by atoms with Crippen LogP contribution in [0.3, 0.4) is 0 Å². The first kappa shape index (κ1) is 17.4. The fourth-order valence-electron chi connectivity index (χ4n) is 2.96. The predicted octanol–water partition coefficient (Wildman–Crippen LogP) is 2.91. The van der Waals surface area contributed by atoms with Crippen molar-refractivity contribution < 1.29 is 19.1 Å². The number of nitrogens with zero attached hydrogens (tertiary/aromatic N) is 3. The van der Waals surface area contributed by atoms with Crippen LogP contribution in [0.2, 0.25) is 5.15 Å². The number of aliphatic carboxylic acids is 1. The molecule has 0 aliphatic carbocycles. The Hall–Kier alpha value is -2.41. The van der Waals surface area contributed by atoms with Crippen LogP contribution < -0.4 is 0 Å². The summed E-state index contributed by atoms with van der Waals surface area (Å²) in [4.78, 5) is 25.7. The smallest absolute Gasteiger partial charge is 0.311 e. The Bertz CT molecular complexity index is 850. The van der Waals surface area contributed by atoms with Crippen LogP contribution in [0.1, 0.15) is 29.4 Å². The van der Waals surface area contributed by atoms with Crippen LogP contribution >= 0.6 is 11.6 Å². The summed E-state index contributed by atoms with van der Waals surface area (Å²) in [5.41, 5.74) is 0.248. The first-order chi connectivity index (χ1) is 11.7. The Kier molecular flexibility index (Phi) is 4.28.